The summed E-state index contributed by atoms with van der Waals surface area (Å²) in [5.74, 6) is -0.401. The molecule has 2 aliphatic heterocycles. The van der Waals surface area contributed by atoms with Gasteiger partial charge >= 0.3 is 0 Å². The normalized spacial score (nSPS) is 17.7. The third-order valence-electron chi connectivity index (χ3n) is 7.79. The molecule has 224 valence electrons. The average molecular weight is 639 g/mol. The van der Waals surface area contributed by atoms with E-state index in [9.17, 15) is 18.0 Å². The summed E-state index contributed by atoms with van der Waals surface area (Å²) < 4.78 is 31.3. The number of nitrogens with zero attached hydrogens (tertiary/aromatic N) is 4. The largest absolute Gasteiger partial charge is 0.378 e. The van der Waals surface area contributed by atoms with E-state index in [1.807, 2.05) is 41.3 Å². The fourth-order valence-electron chi connectivity index (χ4n) is 5.55. The lowest BCUT2D eigenvalue weighted by atomic mass is 9.96. The molecule has 9 nitrogen and oxygen atoms in total. The van der Waals surface area contributed by atoms with Crippen LogP contribution in [0.25, 0.3) is 26.7 Å². The van der Waals surface area contributed by atoms with Gasteiger partial charge in [0.15, 0.2) is 15.5 Å². The highest BCUT2D eigenvalue weighted by atomic mass is 35.5. The van der Waals surface area contributed by atoms with Crippen molar-refractivity contribution in [3.8, 4) is 26.7 Å². The number of sulfone groups is 1. The number of halogens is 1. The number of thiophene rings is 1. The first-order valence-corrected chi connectivity index (χ1v) is 17.2. The second-order valence-electron chi connectivity index (χ2n) is 10.8. The van der Waals surface area contributed by atoms with E-state index in [-0.39, 0.29) is 28.3 Å². The number of carbonyl (C=O) groups is 2. The second-order valence-corrected chi connectivity index (χ2v) is 14.3. The van der Waals surface area contributed by atoms with Gasteiger partial charge in [-0.2, -0.15) is 5.10 Å². The van der Waals surface area contributed by atoms with Gasteiger partial charge in [-0.05, 0) is 60.9 Å². The maximum Gasteiger partial charge on any atom is 0.274 e. The van der Waals surface area contributed by atoms with Gasteiger partial charge in [0.25, 0.3) is 5.91 Å². The standard InChI is InChI=1S/C31H31ClN4O5S2/c1-43(39,40)23-8-4-6-21(18-23)28-11-12-29(42-28)27-19-25(33-36(27)26-10-3-2-9-24(26)32)31(38)35-13-5-7-22(20-35)30(37)34-14-16-41-17-15-34/h2-4,6,8-12,18-19,22H,5,7,13-17,20H2,1H3. The van der Waals surface area contributed by atoms with Crippen molar-refractivity contribution in [2.45, 2.75) is 17.7 Å². The van der Waals surface area contributed by atoms with Crippen LogP contribution in [0.1, 0.15) is 23.3 Å². The van der Waals surface area contributed by atoms with E-state index >= 15 is 0 Å². The fraction of sp³-hybridized carbons (Fsp3) is 0.323. The molecule has 4 aromatic rings. The molecule has 12 heteroatoms. The van der Waals surface area contributed by atoms with Crippen LogP contribution in [-0.4, -0.2) is 85.5 Å². The number of aromatic nitrogens is 2. The Balaban J connectivity index is 1.32. The molecule has 1 atom stereocenters. The molecule has 0 aliphatic carbocycles. The van der Waals surface area contributed by atoms with Gasteiger partial charge in [-0.1, -0.05) is 35.9 Å². The summed E-state index contributed by atoms with van der Waals surface area (Å²) in [7, 11) is -3.35. The molecule has 0 spiro atoms. The molecule has 0 N–H and O–H groups in total. The van der Waals surface area contributed by atoms with Crippen LogP contribution in [0.5, 0.6) is 0 Å². The first-order chi connectivity index (χ1) is 20.7. The minimum atomic E-state index is -3.35. The first kappa shape index (κ1) is 29.6. The molecule has 6 rings (SSSR count). The average Bonchev–Trinajstić information content (AvgIpc) is 3.69. The Labute approximate surface area is 259 Å². The van der Waals surface area contributed by atoms with E-state index in [1.165, 1.54) is 17.6 Å². The maximum absolute atomic E-state index is 13.8. The van der Waals surface area contributed by atoms with E-state index in [0.717, 1.165) is 28.2 Å². The van der Waals surface area contributed by atoms with Gasteiger partial charge in [0.2, 0.25) is 5.91 Å². The number of carbonyl (C=O) groups excluding carboxylic acids is 2. The lowest BCUT2D eigenvalue weighted by molar-refractivity contribution is -0.141. The van der Waals surface area contributed by atoms with Gasteiger partial charge in [-0.25, -0.2) is 13.1 Å². The molecule has 4 heterocycles. The van der Waals surface area contributed by atoms with Crippen LogP contribution in [0.2, 0.25) is 5.02 Å². The Morgan fingerprint density at radius 2 is 1.72 bits per heavy atom. The zero-order chi connectivity index (χ0) is 30.1. The minimum Gasteiger partial charge on any atom is -0.378 e. The molecule has 43 heavy (non-hydrogen) atoms. The van der Waals surface area contributed by atoms with E-state index in [0.29, 0.717) is 55.8 Å². The number of hydrogen-bond donors (Lipinski definition) is 0. The Kier molecular flexibility index (Phi) is 8.41. The highest BCUT2D eigenvalue weighted by Crippen LogP contribution is 2.37. The van der Waals surface area contributed by atoms with Gasteiger partial charge < -0.3 is 14.5 Å². The molecule has 0 radical (unpaired) electrons. The summed E-state index contributed by atoms with van der Waals surface area (Å²) in [4.78, 5) is 32.6. The van der Waals surface area contributed by atoms with Crippen molar-refractivity contribution in [2.75, 3.05) is 45.6 Å². The summed E-state index contributed by atoms with van der Waals surface area (Å²) in [6, 6.07) is 19.8. The van der Waals surface area contributed by atoms with E-state index in [2.05, 4.69) is 0 Å². The molecule has 2 amide bonds. The molecular weight excluding hydrogens is 608 g/mol. The van der Waals surface area contributed by atoms with Crippen molar-refractivity contribution in [3.05, 3.63) is 77.4 Å². The monoisotopic (exact) mass is 638 g/mol. The van der Waals surface area contributed by atoms with Crippen LogP contribution in [0.3, 0.4) is 0 Å². The van der Waals surface area contributed by atoms with E-state index in [1.54, 1.807) is 39.9 Å². The number of hydrogen-bond acceptors (Lipinski definition) is 7. The molecule has 0 saturated carbocycles. The lowest BCUT2D eigenvalue weighted by Crippen LogP contribution is -2.49. The predicted octanol–water partition coefficient (Wildman–Crippen LogP) is 5.04. The number of likely N-dealkylation sites (tertiary alicyclic amines) is 1. The number of rotatable bonds is 6. The number of amides is 2. The molecule has 2 aromatic heterocycles. The molecule has 2 aromatic carbocycles. The summed E-state index contributed by atoms with van der Waals surface area (Å²) in [6.07, 6.45) is 2.68. The topological polar surface area (TPSA) is 102 Å². The van der Waals surface area contributed by atoms with Crippen LogP contribution in [0.4, 0.5) is 0 Å². The van der Waals surface area contributed by atoms with Crippen LogP contribution in [-0.2, 0) is 19.4 Å². The van der Waals surface area contributed by atoms with Crippen molar-refractivity contribution < 1.29 is 22.7 Å². The Bertz CT molecular complexity index is 1780. The molecule has 0 bridgehead atoms. The summed E-state index contributed by atoms with van der Waals surface area (Å²) in [6.45, 7) is 3.14. The minimum absolute atomic E-state index is 0.0779. The Morgan fingerprint density at radius 3 is 2.49 bits per heavy atom. The van der Waals surface area contributed by atoms with Gasteiger partial charge in [-0.3, -0.25) is 9.59 Å². The Hall–Kier alpha value is -3.51. The van der Waals surface area contributed by atoms with Crippen LogP contribution in [0, 0.1) is 5.92 Å². The maximum atomic E-state index is 13.8. The number of piperidine rings is 1. The summed E-state index contributed by atoms with van der Waals surface area (Å²) in [5, 5.41) is 5.22. The third-order valence-corrected chi connectivity index (χ3v) is 10.4. The lowest BCUT2D eigenvalue weighted by Gasteiger charge is -2.36. The van der Waals surface area contributed by atoms with Crippen molar-refractivity contribution in [1.82, 2.24) is 19.6 Å². The van der Waals surface area contributed by atoms with Gasteiger partial charge in [0, 0.05) is 37.3 Å². The smallest absolute Gasteiger partial charge is 0.274 e. The van der Waals surface area contributed by atoms with Gasteiger partial charge in [0.05, 0.1) is 45.3 Å². The quantitative estimate of drug-likeness (QED) is 0.293. The number of benzene rings is 2. The van der Waals surface area contributed by atoms with Crippen LogP contribution < -0.4 is 0 Å². The van der Waals surface area contributed by atoms with Gasteiger partial charge in [-0.15, -0.1) is 11.3 Å². The zero-order valence-electron chi connectivity index (χ0n) is 23.6. The summed E-state index contributed by atoms with van der Waals surface area (Å²) >= 11 is 8.05. The van der Waals surface area contributed by atoms with E-state index < -0.39 is 9.84 Å². The van der Waals surface area contributed by atoms with Crippen LogP contribution >= 0.6 is 22.9 Å². The summed E-state index contributed by atoms with van der Waals surface area (Å²) in [5.41, 5.74) is 2.36. The Morgan fingerprint density at radius 1 is 0.953 bits per heavy atom. The third kappa shape index (κ3) is 6.26. The molecular formula is C31H31ClN4O5S2. The van der Waals surface area contributed by atoms with Crippen molar-refractivity contribution in [3.63, 3.8) is 0 Å². The van der Waals surface area contributed by atoms with Crippen molar-refractivity contribution in [2.24, 2.45) is 5.92 Å². The first-order valence-electron chi connectivity index (χ1n) is 14.1. The van der Waals surface area contributed by atoms with Crippen molar-refractivity contribution >= 4 is 44.6 Å². The fourth-order valence-corrected chi connectivity index (χ4v) is 7.43. The SMILES string of the molecule is CS(=O)(=O)c1cccc(-c2ccc(-c3cc(C(=O)N4CCCC(C(=O)N5CCOCC5)C4)nn3-c3ccccc3Cl)s2)c1. The van der Waals surface area contributed by atoms with E-state index in [4.69, 9.17) is 21.4 Å². The number of morpholine rings is 1. The van der Waals surface area contributed by atoms with Gasteiger partial charge in [0.1, 0.15) is 0 Å². The zero-order valence-corrected chi connectivity index (χ0v) is 26.0. The molecule has 1 unspecified atom stereocenters. The molecule has 2 saturated heterocycles. The molecule has 2 aliphatic rings. The second kappa shape index (κ2) is 12.2. The van der Waals surface area contributed by atoms with Crippen molar-refractivity contribution in [1.29, 1.82) is 0 Å². The van der Waals surface area contributed by atoms with Crippen LogP contribution in [0.15, 0.2) is 71.6 Å². The molecule has 2 fully saturated rings. The number of para-hydroxylation sites is 1. The predicted molar refractivity (Wildman–Crippen MR) is 166 cm³/mol. The highest BCUT2D eigenvalue weighted by Gasteiger charge is 2.33. The highest BCUT2D eigenvalue weighted by molar-refractivity contribution is 7.90. The number of ether oxygens (including phenoxy) is 1.